The van der Waals surface area contributed by atoms with Crippen LogP contribution < -0.4 is 0 Å². The maximum Gasteiger partial charge on any atom is 0.309 e. The topological polar surface area (TPSA) is 6.02 Å². The molecule has 108 valence electrons. The quantitative estimate of drug-likeness (QED) is 0.581. The van der Waals surface area contributed by atoms with Gasteiger partial charge in [-0.15, -0.1) is 6.07 Å². The molecule has 0 amide bonds. The average Bonchev–Trinajstić information content (AvgIpc) is 3.13. The molecule has 0 saturated heterocycles. The van der Waals surface area contributed by atoms with Crippen LogP contribution in [0.4, 0.5) is 0 Å². The Hall–Kier alpha value is -2.48. The van der Waals surface area contributed by atoms with Gasteiger partial charge in [-0.25, -0.2) is 4.58 Å². The molecule has 22 heavy (non-hydrogen) atoms. The van der Waals surface area contributed by atoms with Gasteiger partial charge in [0.25, 0.3) is 0 Å². The molecule has 0 saturated carbocycles. The maximum atomic E-state index is 4.01. The first-order valence-electron chi connectivity index (χ1n) is 7.52. The van der Waals surface area contributed by atoms with Gasteiger partial charge in [-0.05, 0) is 13.3 Å². The Kier molecular flexibility index (Phi) is 2.56. The molecule has 0 fully saturated rings. The standard InChI is InChI=1S/C20H18N2/c1-5-21-12-16-9-8-15(4)19(16)20(21)18-10-7-14(3)11-17(18)13-22(20)6-2/h5-8,10-11H,1-2,9H2,3-4H3. The highest BCUT2D eigenvalue weighted by molar-refractivity contribution is 5.88. The first-order valence-corrected chi connectivity index (χ1v) is 7.52. The Bertz CT molecular complexity index is 862. The van der Waals surface area contributed by atoms with E-state index in [2.05, 4.69) is 72.9 Å². The fourth-order valence-corrected chi connectivity index (χ4v) is 3.88. The third-order valence-electron chi connectivity index (χ3n) is 4.77. The van der Waals surface area contributed by atoms with Crippen molar-refractivity contribution in [2.24, 2.45) is 0 Å². The summed E-state index contributed by atoms with van der Waals surface area (Å²) in [5.41, 5.74) is 6.93. The van der Waals surface area contributed by atoms with Crippen LogP contribution in [0.3, 0.4) is 0 Å². The Morgan fingerprint density at radius 3 is 2.59 bits per heavy atom. The number of fused-ring (bicyclic) bond motifs is 3. The number of hydrogen-bond acceptors (Lipinski definition) is 0. The molecule has 3 aliphatic rings. The molecule has 0 N–H and O–H groups in total. The van der Waals surface area contributed by atoms with E-state index in [1.807, 2.05) is 12.4 Å². The van der Waals surface area contributed by atoms with Crippen molar-refractivity contribution in [3.8, 4) is 0 Å². The van der Waals surface area contributed by atoms with Crippen LogP contribution in [-0.4, -0.2) is 21.6 Å². The molecular weight excluding hydrogens is 268 g/mol. The molecule has 1 aliphatic carbocycles. The zero-order valence-corrected chi connectivity index (χ0v) is 13.0. The molecule has 4 rings (SSSR count). The predicted octanol–water partition coefficient (Wildman–Crippen LogP) is 3.38. The van der Waals surface area contributed by atoms with E-state index >= 15 is 0 Å². The third-order valence-corrected chi connectivity index (χ3v) is 4.77. The molecule has 2 nitrogen and oxygen atoms in total. The van der Waals surface area contributed by atoms with Gasteiger partial charge in [0.05, 0.1) is 12.4 Å². The van der Waals surface area contributed by atoms with Gasteiger partial charge in [0.2, 0.25) is 0 Å². The molecule has 2 heterocycles. The summed E-state index contributed by atoms with van der Waals surface area (Å²) in [6, 6.07) is 6.53. The minimum atomic E-state index is -0.459. The number of benzene rings is 1. The Labute approximate surface area is 131 Å². The van der Waals surface area contributed by atoms with Gasteiger partial charge in [0, 0.05) is 11.1 Å². The van der Waals surface area contributed by atoms with Crippen molar-refractivity contribution in [2.45, 2.75) is 25.9 Å². The van der Waals surface area contributed by atoms with Crippen LogP contribution in [0, 0.1) is 6.92 Å². The minimum absolute atomic E-state index is 0.459. The van der Waals surface area contributed by atoms with Crippen LogP contribution in [0.2, 0.25) is 0 Å². The summed E-state index contributed by atoms with van der Waals surface area (Å²) in [6.45, 7) is 12.3. The van der Waals surface area contributed by atoms with E-state index in [0.717, 1.165) is 12.0 Å². The van der Waals surface area contributed by atoms with Crippen LogP contribution >= 0.6 is 0 Å². The van der Waals surface area contributed by atoms with Crippen molar-refractivity contribution in [3.63, 3.8) is 0 Å². The van der Waals surface area contributed by atoms with E-state index < -0.39 is 5.66 Å². The lowest BCUT2D eigenvalue weighted by atomic mass is 9.86. The van der Waals surface area contributed by atoms with Gasteiger partial charge < -0.3 is 0 Å². The highest BCUT2D eigenvalue weighted by atomic mass is 15.3. The summed E-state index contributed by atoms with van der Waals surface area (Å²) in [5, 5.41) is 0. The summed E-state index contributed by atoms with van der Waals surface area (Å²) < 4.78 is 4.14. The summed E-state index contributed by atoms with van der Waals surface area (Å²) in [4.78, 5) is 0. The number of hydrogen-bond donors (Lipinski definition) is 0. The number of nitrogens with zero attached hydrogens (tertiary/aromatic N) is 2. The van der Waals surface area contributed by atoms with Crippen LogP contribution in [-0.2, 0) is 5.66 Å². The van der Waals surface area contributed by atoms with Crippen molar-refractivity contribution in [3.05, 3.63) is 83.2 Å². The molecule has 0 aromatic heterocycles. The Morgan fingerprint density at radius 1 is 1.14 bits per heavy atom. The summed E-state index contributed by atoms with van der Waals surface area (Å²) in [7, 11) is 0. The van der Waals surface area contributed by atoms with Gasteiger partial charge in [-0.3, -0.25) is 4.58 Å². The molecule has 2 heteroatoms. The van der Waals surface area contributed by atoms with Crippen molar-refractivity contribution >= 4 is 12.4 Å². The molecule has 1 spiro atoms. The fraction of sp³-hybridized carbons (Fsp3) is 0.200. The molecule has 2 aliphatic heterocycles. The molecule has 1 unspecified atom stereocenters. The number of rotatable bonds is 2. The first kappa shape index (κ1) is 13.2. The van der Waals surface area contributed by atoms with Crippen LogP contribution in [0.5, 0.6) is 0 Å². The zero-order chi connectivity index (χ0) is 15.5. The van der Waals surface area contributed by atoms with Crippen molar-refractivity contribution in [1.29, 1.82) is 0 Å². The molecule has 1 aromatic carbocycles. The van der Waals surface area contributed by atoms with Gasteiger partial charge in [-0.2, -0.15) is 0 Å². The fourth-order valence-electron chi connectivity index (χ4n) is 3.88. The van der Waals surface area contributed by atoms with E-state index in [9.17, 15) is 0 Å². The lowest BCUT2D eigenvalue weighted by molar-refractivity contribution is -0.767. The van der Waals surface area contributed by atoms with Crippen LogP contribution in [0.15, 0.2) is 66.6 Å². The summed E-state index contributed by atoms with van der Waals surface area (Å²) >= 11 is 0. The molecular formula is C20H18N2. The largest absolute Gasteiger partial charge is 0.309 e. The Balaban J connectivity index is 2.10. The van der Waals surface area contributed by atoms with E-state index in [0.29, 0.717) is 0 Å². The molecule has 1 atom stereocenters. The summed E-state index contributed by atoms with van der Waals surface area (Å²) in [5.74, 6) is 0. The normalized spacial score (nSPS) is 24.9. The zero-order valence-electron chi connectivity index (χ0n) is 13.0. The van der Waals surface area contributed by atoms with Crippen LogP contribution in [0.1, 0.15) is 30.0 Å². The Morgan fingerprint density at radius 2 is 1.86 bits per heavy atom. The van der Waals surface area contributed by atoms with Crippen molar-refractivity contribution in [2.75, 3.05) is 0 Å². The van der Waals surface area contributed by atoms with E-state index in [1.54, 1.807) is 0 Å². The van der Waals surface area contributed by atoms with Gasteiger partial charge in [0.15, 0.2) is 6.21 Å². The second kappa shape index (κ2) is 4.26. The van der Waals surface area contributed by atoms with Crippen molar-refractivity contribution in [1.82, 2.24) is 0 Å². The summed E-state index contributed by atoms with van der Waals surface area (Å²) in [6.07, 6.45) is 13.9. The molecule has 1 aromatic rings. The third kappa shape index (κ3) is 1.35. The average molecular weight is 286 g/mol. The van der Waals surface area contributed by atoms with Gasteiger partial charge in [0.1, 0.15) is 6.21 Å². The second-order valence-electron chi connectivity index (χ2n) is 5.99. The first-order chi connectivity index (χ1) is 10.6. The lowest BCUT2D eigenvalue weighted by Crippen LogP contribution is -2.43. The lowest BCUT2D eigenvalue weighted by Gasteiger charge is -2.31. The molecule has 0 bridgehead atoms. The minimum Gasteiger partial charge on any atom is -0.259 e. The highest BCUT2D eigenvalue weighted by Gasteiger charge is 2.55. The number of allylic oxidation sites excluding steroid dienone is 2. The smallest absolute Gasteiger partial charge is 0.259 e. The number of aryl methyl sites for hydroxylation is 1. The van der Waals surface area contributed by atoms with E-state index in [-0.39, 0.29) is 0 Å². The SMILES string of the molecule is C=C[N+]1=[C-]C2=C(C(C)=CC2)C12c1ccc(C)cc1[C-]=[N+]2C=C. The monoisotopic (exact) mass is 286 g/mol. The highest BCUT2D eigenvalue weighted by Crippen LogP contribution is 2.49. The molecule has 0 radical (unpaired) electrons. The van der Waals surface area contributed by atoms with E-state index in [1.165, 1.54) is 27.8 Å². The van der Waals surface area contributed by atoms with Crippen molar-refractivity contribution < 1.29 is 9.15 Å². The van der Waals surface area contributed by atoms with Crippen LogP contribution in [0.25, 0.3) is 0 Å². The second-order valence-corrected chi connectivity index (χ2v) is 5.99. The van der Waals surface area contributed by atoms with Gasteiger partial charge >= 0.3 is 5.66 Å². The maximum absolute atomic E-state index is 4.01. The predicted molar refractivity (Wildman–Crippen MR) is 88.3 cm³/mol. The van der Waals surface area contributed by atoms with E-state index in [4.69, 9.17) is 0 Å². The van der Waals surface area contributed by atoms with Gasteiger partial charge in [-0.1, -0.05) is 60.6 Å².